The summed E-state index contributed by atoms with van der Waals surface area (Å²) in [4.78, 5) is 23.2. The molecule has 0 aromatic heterocycles. The summed E-state index contributed by atoms with van der Waals surface area (Å²) in [6.45, 7) is 2.00. The fourth-order valence-electron chi connectivity index (χ4n) is 3.85. The Balaban J connectivity index is 1.66. The Morgan fingerprint density at radius 3 is 2.59 bits per heavy atom. The number of carbonyl (C=O) groups excluding carboxylic acids is 1. The minimum Gasteiger partial charge on any atom is -0.495 e. The van der Waals surface area contributed by atoms with Crippen molar-refractivity contribution in [3.05, 3.63) is 74.8 Å². The van der Waals surface area contributed by atoms with Crippen molar-refractivity contribution in [3.63, 3.8) is 0 Å². The van der Waals surface area contributed by atoms with E-state index in [4.69, 9.17) is 16.3 Å². The molecule has 0 bridgehead atoms. The van der Waals surface area contributed by atoms with E-state index in [1.165, 1.54) is 18.2 Å². The molecule has 0 aliphatic carbocycles. The number of halogens is 1. The fraction of sp³-hybridized carbons (Fsp3) is 0.250. The van der Waals surface area contributed by atoms with E-state index >= 15 is 0 Å². The third kappa shape index (κ3) is 3.41. The first-order valence-electron chi connectivity index (χ1n) is 9.05. The van der Waals surface area contributed by atoms with Crippen molar-refractivity contribution in [2.45, 2.75) is 25.0 Å². The lowest BCUT2D eigenvalue weighted by Crippen LogP contribution is -2.52. The summed E-state index contributed by atoms with van der Waals surface area (Å²) in [5.41, 5.74) is 5.51. The normalized spacial score (nSPS) is 23.3. The Morgan fingerprint density at radius 2 is 1.93 bits per heavy atom. The number of nitro benzene ring substituents is 1. The SMILES string of the molecule is COc1cc(C2C(C)NN3C(=O)C=C(c4ccc([N+](=O)[O-])cc4)NC23)ccc1Cl. The van der Waals surface area contributed by atoms with Gasteiger partial charge in [-0.05, 0) is 42.3 Å². The van der Waals surface area contributed by atoms with Crippen LogP contribution in [0, 0.1) is 10.1 Å². The van der Waals surface area contributed by atoms with Gasteiger partial charge in [0, 0.05) is 35.9 Å². The predicted octanol–water partition coefficient (Wildman–Crippen LogP) is 3.05. The molecule has 0 spiro atoms. The second-order valence-corrected chi connectivity index (χ2v) is 7.40. The van der Waals surface area contributed by atoms with Gasteiger partial charge in [0.2, 0.25) is 0 Å². The molecule has 1 fully saturated rings. The highest BCUT2D eigenvalue weighted by Gasteiger charge is 2.45. The zero-order valence-corrected chi connectivity index (χ0v) is 16.5. The molecule has 2 aliphatic rings. The molecule has 8 nitrogen and oxygen atoms in total. The largest absolute Gasteiger partial charge is 0.495 e. The molecule has 2 aromatic carbocycles. The number of hydrogen-bond donors (Lipinski definition) is 2. The van der Waals surface area contributed by atoms with Gasteiger partial charge in [-0.3, -0.25) is 19.9 Å². The molecule has 4 rings (SSSR count). The second-order valence-electron chi connectivity index (χ2n) is 7.00. The van der Waals surface area contributed by atoms with E-state index in [-0.39, 0.29) is 29.7 Å². The van der Waals surface area contributed by atoms with Gasteiger partial charge < -0.3 is 10.1 Å². The lowest BCUT2D eigenvalue weighted by atomic mass is 9.90. The van der Waals surface area contributed by atoms with Crippen molar-refractivity contribution < 1.29 is 14.5 Å². The van der Waals surface area contributed by atoms with E-state index in [1.54, 1.807) is 30.3 Å². The van der Waals surface area contributed by atoms with Gasteiger partial charge in [-0.25, -0.2) is 5.43 Å². The summed E-state index contributed by atoms with van der Waals surface area (Å²) in [6, 6.07) is 11.7. The smallest absolute Gasteiger partial charge is 0.269 e. The van der Waals surface area contributed by atoms with E-state index in [1.807, 2.05) is 19.1 Å². The molecular formula is C20H19ClN4O4. The van der Waals surface area contributed by atoms with Gasteiger partial charge in [0.1, 0.15) is 11.9 Å². The van der Waals surface area contributed by atoms with Crippen LogP contribution in [-0.4, -0.2) is 35.2 Å². The summed E-state index contributed by atoms with van der Waals surface area (Å²) in [7, 11) is 1.56. The number of nitrogens with zero attached hydrogens (tertiary/aromatic N) is 2. The molecule has 1 saturated heterocycles. The number of ether oxygens (including phenoxy) is 1. The third-order valence-electron chi connectivity index (χ3n) is 5.26. The highest BCUT2D eigenvalue weighted by atomic mass is 35.5. The monoisotopic (exact) mass is 414 g/mol. The molecule has 0 radical (unpaired) electrons. The predicted molar refractivity (Wildman–Crippen MR) is 108 cm³/mol. The van der Waals surface area contributed by atoms with Gasteiger partial charge in [0.25, 0.3) is 11.6 Å². The maximum absolute atomic E-state index is 12.7. The molecule has 2 aromatic rings. The van der Waals surface area contributed by atoms with Crippen molar-refractivity contribution in [2.75, 3.05) is 7.11 Å². The first kappa shape index (κ1) is 19.2. The first-order chi connectivity index (χ1) is 13.9. The number of hydrogen-bond acceptors (Lipinski definition) is 6. The molecule has 1 amide bonds. The van der Waals surface area contributed by atoms with Crippen LogP contribution in [-0.2, 0) is 4.79 Å². The summed E-state index contributed by atoms with van der Waals surface area (Å²) in [5, 5.41) is 16.4. The molecule has 0 saturated carbocycles. The molecule has 2 aliphatic heterocycles. The molecule has 150 valence electrons. The van der Waals surface area contributed by atoms with Crippen LogP contribution >= 0.6 is 11.6 Å². The van der Waals surface area contributed by atoms with Crippen molar-refractivity contribution in [1.29, 1.82) is 0 Å². The number of rotatable bonds is 4. The van der Waals surface area contributed by atoms with Gasteiger partial charge in [0.05, 0.1) is 17.1 Å². The fourth-order valence-corrected chi connectivity index (χ4v) is 4.04. The van der Waals surface area contributed by atoms with Gasteiger partial charge >= 0.3 is 0 Å². The zero-order valence-electron chi connectivity index (χ0n) is 15.8. The summed E-state index contributed by atoms with van der Waals surface area (Å²) < 4.78 is 5.34. The number of nitro groups is 1. The minimum absolute atomic E-state index is 0.000374. The van der Waals surface area contributed by atoms with Crippen molar-refractivity contribution in [1.82, 2.24) is 15.8 Å². The lowest BCUT2D eigenvalue weighted by molar-refractivity contribution is -0.384. The number of fused-ring (bicyclic) bond motifs is 1. The molecule has 29 heavy (non-hydrogen) atoms. The van der Waals surface area contributed by atoms with E-state index in [0.29, 0.717) is 22.0 Å². The Labute approximate surface area is 172 Å². The number of carbonyl (C=O) groups is 1. The standard InChI is InChI=1S/C20H19ClN4O4/c1-11-19(13-5-8-15(21)17(9-13)29-2)20-22-16(10-18(26)24(20)23-11)12-3-6-14(7-4-12)25(27)28/h3-11,19-20,22-23H,1-2H3. The van der Waals surface area contributed by atoms with Crippen LogP contribution in [0.15, 0.2) is 48.5 Å². The summed E-state index contributed by atoms with van der Waals surface area (Å²) >= 11 is 6.16. The molecule has 9 heteroatoms. The van der Waals surface area contributed by atoms with Gasteiger partial charge in [-0.15, -0.1) is 0 Å². The zero-order chi connectivity index (χ0) is 20.7. The van der Waals surface area contributed by atoms with Crippen LogP contribution < -0.4 is 15.5 Å². The van der Waals surface area contributed by atoms with Crippen molar-refractivity contribution >= 4 is 28.9 Å². The van der Waals surface area contributed by atoms with E-state index < -0.39 is 4.92 Å². The Morgan fingerprint density at radius 1 is 1.21 bits per heavy atom. The Bertz CT molecular complexity index is 1010. The van der Waals surface area contributed by atoms with Gasteiger partial charge in [0.15, 0.2) is 0 Å². The van der Waals surface area contributed by atoms with Crippen molar-refractivity contribution in [3.8, 4) is 5.75 Å². The number of nitrogens with one attached hydrogen (secondary N) is 2. The topological polar surface area (TPSA) is 96.7 Å². The maximum Gasteiger partial charge on any atom is 0.269 e. The minimum atomic E-state index is -0.453. The number of hydrazine groups is 1. The third-order valence-corrected chi connectivity index (χ3v) is 5.57. The summed E-state index contributed by atoms with van der Waals surface area (Å²) in [5.74, 6) is 0.326. The van der Waals surface area contributed by atoms with E-state index in [2.05, 4.69) is 10.7 Å². The van der Waals surface area contributed by atoms with Crippen molar-refractivity contribution in [2.24, 2.45) is 0 Å². The van der Waals surface area contributed by atoms with Crippen LogP contribution in [0.2, 0.25) is 5.02 Å². The number of methoxy groups -OCH3 is 1. The molecule has 3 unspecified atom stereocenters. The van der Waals surface area contributed by atoms with Crippen LogP contribution in [0.4, 0.5) is 5.69 Å². The Hall–Kier alpha value is -3.10. The quantitative estimate of drug-likeness (QED) is 0.589. The number of non-ortho nitro benzene ring substituents is 1. The van der Waals surface area contributed by atoms with Crippen LogP contribution in [0.5, 0.6) is 5.75 Å². The molecule has 2 N–H and O–H groups in total. The highest BCUT2D eigenvalue weighted by Crippen LogP contribution is 2.37. The number of benzene rings is 2. The second kappa shape index (κ2) is 7.38. The van der Waals surface area contributed by atoms with Crippen LogP contribution in [0.3, 0.4) is 0 Å². The molecule has 3 atom stereocenters. The Kier molecular flexibility index (Phi) is 4.89. The number of amides is 1. The highest BCUT2D eigenvalue weighted by molar-refractivity contribution is 6.32. The maximum atomic E-state index is 12.7. The average Bonchev–Trinajstić information content (AvgIpc) is 3.05. The van der Waals surface area contributed by atoms with E-state index in [9.17, 15) is 14.9 Å². The first-order valence-corrected chi connectivity index (χ1v) is 9.42. The molecule has 2 heterocycles. The van der Waals surface area contributed by atoms with Gasteiger partial charge in [-0.2, -0.15) is 0 Å². The lowest BCUT2D eigenvalue weighted by Gasteiger charge is -2.33. The average molecular weight is 415 g/mol. The van der Waals surface area contributed by atoms with Crippen LogP contribution in [0.1, 0.15) is 24.0 Å². The van der Waals surface area contributed by atoms with E-state index in [0.717, 1.165) is 5.56 Å². The van der Waals surface area contributed by atoms with Crippen LogP contribution in [0.25, 0.3) is 5.70 Å². The molecular weight excluding hydrogens is 396 g/mol. The summed E-state index contributed by atoms with van der Waals surface area (Å²) in [6.07, 6.45) is 1.15. The van der Waals surface area contributed by atoms with Gasteiger partial charge in [-0.1, -0.05) is 17.7 Å².